The van der Waals surface area contributed by atoms with Crippen LogP contribution in [0, 0.1) is 12.8 Å². The van der Waals surface area contributed by atoms with Gasteiger partial charge in [-0.3, -0.25) is 9.59 Å². The van der Waals surface area contributed by atoms with Crippen LogP contribution in [0.25, 0.3) is 0 Å². The predicted octanol–water partition coefficient (Wildman–Crippen LogP) is 3.03. The number of benzene rings is 1. The lowest BCUT2D eigenvalue weighted by atomic mass is 10.1. The van der Waals surface area contributed by atoms with E-state index >= 15 is 0 Å². The quantitative estimate of drug-likeness (QED) is 0.905. The smallest absolute Gasteiger partial charge is 0.227 e. The van der Waals surface area contributed by atoms with E-state index in [-0.39, 0.29) is 30.2 Å². The van der Waals surface area contributed by atoms with Crippen molar-refractivity contribution < 1.29 is 9.59 Å². The molecule has 21 heavy (non-hydrogen) atoms. The van der Waals surface area contributed by atoms with E-state index in [1.54, 1.807) is 4.90 Å². The highest BCUT2D eigenvalue weighted by atomic mass is 79.9. The molecule has 4 nitrogen and oxygen atoms in total. The van der Waals surface area contributed by atoms with Crippen LogP contribution in [0.1, 0.15) is 32.3 Å². The van der Waals surface area contributed by atoms with Gasteiger partial charge in [-0.05, 0) is 44.0 Å². The average molecular weight is 353 g/mol. The lowest BCUT2D eigenvalue weighted by Crippen LogP contribution is -2.38. The standard InChI is InChI=1S/C16H21BrN2O2/c1-4-11(3)18-16(21)12-8-15(20)19(9-12)13-5-6-14(17)10(2)7-13/h5-7,11-12H,4,8-9H2,1-3H3,(H,18,21). The molecule has 0 saturated carbocycles. The van der Waals surface area contributed by atoms with Gasteiger partial charge >= 0.3 is 0 Å². The van der Waals surface area contributed by atoms with Crippen LogP contribution < -0.4 is 10.2 Å². The van der Waals surface area contributed by atoms with E-state index < -0.39 is 0 Å². The Kier molecular flexibility index (Phi) is 5.04. The van der Waals surface area contributed by atoms with Crippen LogP contribution in [0.3, 0.4) is 0 Å². The zero-order valence-electron chi connectivity index (χ0n) is 12.6. The summed E-state index contributed by atoms with van der Waals surface area (Å²) >= 11 is 3.46. The first kappa shape index (κ1) is 16.0. The monoisotopic (exact) mass is 352 g/mol. The van der Waals surface area contributed by atoms with Crippen molar-refractivity contribution in [3.8, 4) is 0 Å². The first-order valence-corrected chi connectivity index (χ1v) is 8.08. The lowest BCUT2D eigenvalue weighted by Gasteiger charge is -2.18. The van der Waals surface area contributed by atoms with Crippen molar-refractivity contribution in [3.63, 3.8) is 0 Å². The highest BCUT2D eigenvalue weighted by molar-refractivity contribution is 9.10. The topological polar surface area (TPSA) is 49.4 Å². The molecule has 2 rings (SSSR count). The molecule has 0 spiro atoms. The minimum atomic E-state index is -0.254. The first-order chi connectivity index (χ1) is 9.92. The summed E-state index contributed by atoms with van der Waals surface area (Å²) < 4.78 is 1.02. The number of carbonyl (C=O) groups excluding carboxylic acids is 2. The number of rotatable bonds is 4. The Balaban J connectivity index is 2.09. The van der Waals surface area contributed by atoms with Crippen LogP contribution >= 0.6 is 15.9 Å². The second-order valence-electron chi connectivity index (χ2n) is 5.66. The van der Waals surface area contributed by atoms with Gasteiger partial charge in [0.15, 0.2) is 0 Å². The van der Waals surface area contributed by atoms with Crippen molar-refractivity contribution in [1.82, 2.24) is 5.32 Å². The molecule has 1 fully saturated rings. The van der Waals surface area contributed by atoms with E-state index in [4.69, 9.17) is 0 Å². The van der Waals surface area contributed by atoms with E-state index in [9.17, 15) is 9.59 Å². The Hall–Kier alpha value is -1.36. The molecule has 5 heteroatoms. The molecule has 1 heterocycles. The summed E-state index contributed by atoms with van der Waals surface area (Å²) in [5.74, 6) is -0.259. The van der Waals surface area contributed by atoms with Gasteiger partial charge in [-0.2, -0.15) is 0 Å². The van der Waals surface area contributed by atoms with Gasteiger partial charge in [0, 0.05) is 29.2 Å². The van der Waals surface area contributed by atoms with Crippen LogP contribution in [0.15, 0.2) is 22.7 Å². The number of nitrogens with zero attached hydrogens (tertiary/aromatic N) is 1. The summed E-state index contributed by atoms with van der Waals surface area (Å²) in [6, 6.07) is 5.96. The zero-order valence-corrected chi connectivity index (χ0v) is 14.2. The maximum absolute atomic E-state index is 12.2. The van der Waals surface area contributed by atoms with Crippen LogP contribution in [0.5, 0.6) is 0 Å². The molecule has 114 valence electrons. The SMILES string of the molecule is CCC(C)NC(=O)C1CC(=O)N(c2ccc(Br)c(C)c2)C1. The first-order valence-electron chi connectivity index (χ1n) is 7.29. The van der Waals surface area contributed by atoms with Crippen LogP contribution in [0.2, 0.25) is 0 Å². The van der Waals surface area contributed by atoms with E-state index in [1.165, 1.54) is 0 Å². The summed E-state index contributed by atoms with van der Waals surface area (Å²) in [7, 11) is 0. The Labute approximate surface area is 134 Å². The summed E-state index contributed by atoms with van der Waals surface area (Å²) in [6.07, 6.45) is 1.18. The van der Waals surface area contributed by atoms with Crippen molar-refractivity contribution in [2.45, 2.75) is 39.7 Å². The molecular formula is C16H21BrN2O2. The highest BCUT2D eigenvalue weighted by Crippen LogP contribution is 2.28. The summed E-state index contributed by atoms with van der Waals surface area (Å²) in [5, 5.41) is 2.96. The largest absolute Gasteiger partial charge is 0.353 e. The van der Waals surface area contributed by atoms with Gasteiger partial charge in [0.2, 0.25) is 11.8 Å². The number of aryl methyl sites for hydroxylation is 1. The second-order valence-corrected chi connectivity index (χ2v) is 6.51. The summed E-state index contributed by atoms with van der Waals surface area (Å²) in [4.78, 5) is 26.0. The molecule has 0 aliphatic carbocycles. The molecule has 0 radical (unpaired) electrons. The fourth-order valence-electron chi connectivity index (χ4n) is 2.39. The number of hydrogen-bond acceptors (Lipinski definition) is 2. The molecule has 2 unspecified atom stereocenters. The van der Waals surface area contributed by atoms with Crippen LogP contribution in [0.4, 0.5) is 5.69 Å². The van der Waals surface area contributed by atoms with Crippen molar-refractivity contribution in [2.24, 2.45) is 5.92 Å². The predicted molar refractivity (Wildman–Crippen MR) is 87.2 cm³/mol. The van der Waals surface area contributed by atoms with Crippen LogP contribution in [-0.2, 0) is 9.59 Å². The van der Waals surface area contributed by atoms with Gasteiger partial charge in [-0.1, -0.05) is 22.9 Å². The third kappa shape index (κ3) is 3.64. The van der Waals surface area contributed by atoms with E-state index in [0.29, 0.717) is 6.54 Å². The number of anilines is 1. The van der Waals surface area contributed by atoms with Crippen molar-refractivity contribution in [2.75, 3.05) is 11.4 Å². The third-order valence-electron chi connectivity index (χ3n) is 3.95. The Morgan fingerprint density at radius 2 is 2.24 bits per heavy atom. The van der Waals surface area contributed by atoms with Crippen molar-refractivity contribution in [1.29, 1.82) is 0 Å². The lowest BCUT2D eigenvalue weighted by molar-refractivity contribution is -0.126. The molecule has 1 aromatic rings. The second kappa shape index (κ2) is 6.60. The number of amides is 2. The van der Waals surface area contributed by atoms with Gasteiger partial charge in [0.05, 0.1) is 5.92 Å². The Bertz CT molecular complexity index is 559. The van der Waals surface area contributed by atoms with E-state index in [0.717, 1.165) is 22.1 Å². The minimum absolute atomic E-state index is 0.0148. The van der Waals surface area contributed by atoms with Gasteiger partial charge in [-0.15, -0.1) is 0 Å². The minimum Gasteiger partial charge on any atom is -0.353 e. The molecule has 1 aromatic carbocycles. The normalized spacial score (nSPS) is 19.7. The van der Waals surface area contributed by atoms with E-state index in [1.807, 2.05) is 39.0 Å². The fraction of sp³-hybridized carbons (Fsp3) is 0.500. The van der Waals surface area contributed by atoms with Gasteiger partial charge in [0.25, 0.3) is 0 Å². The maximum Gasteiger partial charge on any atom is 0.227 e. The van der Waals surface area contributed by atoms with Crippen molar-refractivity contribution in [3.05, 3.63) is 28.2 Å². The highest BCUT2D eigenvalue weighted by Gasteiger charge is 2.35. The van der Waals surface area contributed by atoms with Crippen molar-refractivity contribution >= 4 is 33.4 Å². The fourth-order valence-corrected chi connectivity index (χ4v) is 2.64. The van der Waals surface area contributed by atoms with E-state index in [2.05, 4.69) is 21.2 Å². The van der Waals surface area contributed by atoms with Gasteiger partial charge in [-0.25, -0.2) is 0 Å². The molecule has 0 bridgehead atoms. The number of carbonyl (C=O) groups is 2. The third-order valence-corrected chi connectivity index (χ3v) is 4.84. The average Bonchev–Trinajstić information content (AvgIpc) is 2.84. The molecular weight excluding hydrogens is 332 g/mol. The molecule has 1 saturated heterocycles. The van der Waals surface area contributed by atoms with Crippen LogP contribution in [-0.4, -0.2) is 24.4 Å². The maximum atomic E-state index is 12.2. The molecule has 2 atom stereocenters. The zero-order chi connectivity index (χ0) is 15.6. The Morgan fingerprint density at radius 3 is 2.86 bits per heavy atom. The summed E-state index contributed by atoms with van der Waals surface area (Å²) in [5.41, 5.74) is 1.94. The molecule has 0 aromatic heterocycles. The van der Waals surface area contributed by atoms with Gasteiger partial charge < -0.3 is 10.2 Å². The van der Waals surface area contributed by atoms with Gasteiger partial charge in [0.1, 0.15) is 0 Å². The molecule has 2 amide bonds. The summed E-state index contributed by atoms with van der Waals surface area (Å²) in [6.45, 7) is 6.45. The molecule has 1 aliphatic heterocycles. The molecule has 1 aliphatic rings. The Morgan fingerprint density at radius 1 is 1.52 bits per heavy atom. The number of nitrogens with one attached hydrogen (secondary N) is 1. The number of halogens is 1. The number of hydrogen-bond donors (Lipinski definition) is 1. The molecule has 1 N–H and O–H groups in total.